The van der Waals surface area contributed by atoms with E-state index in [1.807, 2.05) is 30.3 Å². The molecule has 1 aliphatic heterocycles. The van der Waals surface area contributed by atoms with E-state index in [1.165, 1.54) is 31.5 Å². The summed E-state index contributed by atoms with van der Waals surface area (Å²) in [6.45, 7) is 5.82. The molecule has 0 aromatic heterocycles. The normalized spacial score (nSPS) is 15.9. The van der Waals surface area contributed by atoms with Crippen LogP contribution in [-0.2, 0) is 6.54 Å². The molecular weight excluding hydrogens is 314 g/mol. The number of hydrogen-bond donors (Lipinski definition) is 2. The maximum atomic E-state index is 5.36. The molecule has 3 rings (SSSR count). The van der Waals surface area contributed by atoms with Crippen molar-refractivity contribution in [1.82, 2.24) is 4.90 Å². The van der Waals surface area contributed by atoms with Gasteiger partial charge in [0.15, 0.2) is 5.11 Å². The lowest BCUT2D eigenvalue weighted by Crippen LogP contribution is -2.32. The van der Waals surface area contributed by atoms with Crippen LogP contribution in [0.2, 0.25) is 0 Å². The van der Waals surface area contributed by atoms with Gasteiger partial charge in [-0.05, 0) is 73.9 Å². The van der Waals surface area contributed by atoms with Crippen LogP contribution in [0, 0.1) is 5.92 Å². The van der Waals surface area contributed by atoms with Crippen LogP contribution < -0.4 is 10.6 Å². The van der Waals surface area contributed by atoms with Crippen LogP contribution in [0.5, 0.6) is 0 Å². The highest BCUT2D eigenvalue weighted by Gasteiger charge is 2.15. The third-order valence-corrected chi connectivity index (χ3v) is 4.73. The number of benzene rings is 2. The van der Waals surface area contributed by atoms with E-state index in [1.54, 1.807) is 0 Å². The Morgan fingerprint density at radius 2 is 1.54 bits per heavy atom. The van der Waals surface area contributed by atoms with Crippen LogP contribution in [0.15, 0.2) is 54.6 Å². The van der Waals surface area contributed by atoms with Crippen LogP contribution in [0.3, 0.4) is 0 Å². The average Bonchev–Trinajstić information content (AvgIpc) is 2.59. The molecule has 0 radical (unpaired) electrons. The van der Waals surface area contributed by atoms with E-state index in [0.29, 0.717) is 5.11 Å². The van der Waals surface area contributed by atoms with E-state index in [-0.39, 0.29) is 0 Å². The highest BCUT2D eigenvalue weighted by molar-refractivity contribution is 7.80. The first-order valence-electron chi connectivity index (χ1n) is 8.63. The van der Waals surface area contributed by atoms with Crippen LogP contribution in [0.1, 0.15) is 25.3 Å². The number of nitrogens with one attached hydrogen (secondary N) is 2. The third-order valence-electron chi connectivity index (χ3n) is 4.53. The standard InChI is InChI=1S/C20H25N3S/c1-16-11-13-23(14-12-16)15-17-7-9-19(10-8-17)22-20(24)21-18-5-3-2-4-6-18/h2-10,16H,11-15H2,1H3,(H2,21,22,24). The van der Waals surface area contributed by atoms with Gasteiger partial charge in [0, 0.05) is 17.9 Å². The molecule has 4 heteroatoms. The van der Waals surface area contributed by atoms with Gasteiger partial charge in [0.05, 0.1) is 0 Å². The van der Waals surface area contributed by atoms with E-state index in [2.05, 4.69) is 46.7 Å². The minimum atomic E-state index is 0.610. The molecule has 0 bridgehead atoms. The second-order valence-corrected chi connectivity index (χ2v) is 7.01. The maximum absolute atomic E-state index is 5.36. The molecule has 0 atom stereocenters. The highest BCUT2D eigenvalue weighted by atomic mass is 32.1. The summed E-state index contributed by atoms with van der Waals surface area (Å²) in [6, 6.07) is 18.5. The number of piperidine rings is 1. The number of nitrogens with zero attached hydrogens (tertiary/aromatic N) is 1. The number of hydrogen-bond acceptors (Lipinski definition) is 2. The van der Waals surface area contributed by atoms with Gasteiger partial charge in [-0.1, -0.05) is 37.3 Å². The summed E-state index contributed by atoms with van der Waals surface area (Å²) in [4.78, 5) is 2.55. The SMILES string of the molecule is CC1CCN(Cc2ccc(NC(=S)Nc3ccccc3)cc2)CC1. The molecule has 24 heavy (non-hydrogen) atoms. The zero-order chi connectivity index (χ0) is 16.8. The summed E-state index contributed by atoms with van der Waals surface area (Å²) in [5.74, 6) is 0.881. The van der Waals surface area contributed by atoms with Crippen molar-refractivity contribution in [2.75, 3.05) is 23.7 Å². The first kappa shape index (κ1) is 16.9. The number of likely N-dealkylation sites (tertiary alicyclic amines) is 1. The number of anilines is 2. The Labute approximate surface area is 150 Å². The first-order valence-corrected chi connectivity index (χ1v) is 9.04. The van der Waals surface area contributed by atoms with Crippen molar-refractivity contribution in [2.24, 2.45) is 5.92 Å². The summed E-state index contributed by atoms with van der Waals surface area (Å²) >= 11 is 5.36. The molecule has 0 unspecified atom stereocenters. The van der Waals surface area contributed by atoms with E-state index >= 15 is 0 Å². The van der Waals surface area contributed by atoms with Gasteiger partial charge in [0.25, 0.3) is 0 Å². The topological polar surface area (TPSA) is 27.3 Å². The summed E-state index contributed by atoms with van der Waals surface area (Å²) in [7, 11) is 0. The van der Waals surface area contributed by atoms with Crippen LogP contribution in [0.4, 0.5) is 11.4 Å². The average molecular weight is 340 g/mol. The fourth-order valence-electron chi connectivity index (χ4n) is 2.99. The predicted octanol–water partition coefficient (Wildman–Crippen LogP) is 4.73. The predicted molar refractivity (Wildman–Crippen MR) is 106 cm³/mol. The Balaban J connectivity index is 1.50. The molecule has 2 N–H and O–H groups in total. The Kier molecular flexibility index (Phi) is 5.83. The van der Waals surface area contributed by atoms with Gasteiger partial charge in [-0.2, -0.15) is 0 Å². The van der Waals surface area contributed by atoms with Gasteiger partial charge in [0.2, 0.25) is 0 Å². The molecule has 1 aliphatic rings. The fraction of sp³-hybridized carbons (Fsp3) is 0.350. The summed E-state index contributed by atoms with van der Waals surface area (Å²) in [5, 5.41) is 7.03. The number of thiocarbonyl (C=S) groups is 1. The maximum Gasteiger partial charge on any atom is 0.175 e. The van der Waals surface area contributed by atoms with E-state index in [9.17, 15) is 0 Å². The van der Waals surface area contributed by atoms with Crippen molar-refractivity contribution in [2.45, 2.75) is 26.3 Å². The Hall–Kier alpha value is -1.91. The number of rotatable bonds is 4. The van der Waals surface area contributed by atoms with Gasteiger partial charge in [-0.25, -0.2) is 0 Å². The summed E-state index contributed by atoms with van der Waals surface area (Å²) in [6.07, 6.45) is 2.64. The molecule has 0 amide bonds. The molecule has 0 saturated carbocycles. The van der Waals surface area contributed by atoms with Crippen molar-refractivity contribution < 1.29 is 0 Å². The van der Waals surface area contributed by atoms with E-state index in [0.717, 1.165) is 23.8 Å². The fourth-order valence-corrected chi connectivity index (χ4v) is 3.22. The summed E-state index contributed by atoms with van der Waals surface area (Å²) in [5.41, 5.74) is 3.36. The van der Waals surface area contributed by atoms with Crippen molar-refractivity contribution in [3.05, 3.63) is 60.2 Å². The largest absolute Gasteiger partial charge is 0.332 e. The zero-order valence-corrected chi connectivity index (χ0v) is 15.0. The lowest BCUT2D eigenvalue weighted by atomic mass is 9.99. The second-order valence-electron chi connectivity index (χ2n) is 6.60. The summed E-state index contributed by atoms with van der Waals surface area (Å²) < 4.78 is 0. The van der Waals surface area contributed by atoms with Crippen molar-refractivity contribution in [3.8, 4) is 0 Å². The van der Waals surface area contributed by atoms with Crippen LogP contribution in [-0.4, -0.2) is 23.1 Å². The molecular formula is C20H25N3S. The van der Waals surface area contributed by atoms with Crippen LogP contribution >= 0.6 is 12.2 Å². The molecule has 1 fully saturated rings. The van der Waals surface area contributed by atoms with E-state index < -0.39 is 0 Å². The van der Waals surface area contributed by atoms with Crippen molar-refractivity contribution >= 4 is 28.7 Å². The molecule has 2 aromatic carbocycles. The number of para-hydroxylation sites is 1. The van der Waals surface area contributed by atoms with Gasteiger partial charge < -0.3 is 10.6 Å². The minimum Gasteiger partial charge on any atom is -0.332 e. The van der Waals surface area contributed by atoms with Crippen molar-refractivity contribution in [1.29, 1.82) is 0 Å². The third kappa shape index (κ3) is 5.05. The molecule has 1 saturated heterocycles. The molecule has 1 heterocycles. The lowest BCUT2D eigenvalue weighted by Gasteiger charge is -2.30. The first-order chi connectivity index (χ1) is 11.7. The highest BCUT2D eigenvalue weighted by Crippen LogP contribution is 2.19. The smallest absolute Gasteiger partial charge is 0.175 e. The second kappa shape index (κ2) is 8.27. The quantitative estimate of drug-likeness (QED) is 0.788. The lowest BCUT2D eigenvalue weighted by molar-refractivity contribution is 0.185. The monoisotopic (exact) mass is 339 g/mol. The van der Waals surface area contributed by atoms with E-state index in [4.69, 9.17) is 12.2 Å². The van der Waals surface area contributed by atoms with Gasteiger partial charge in [-0.3, -0.25) is 4.90 Å². The van der Waals surface area contributed by atoms with Gasteiger partial charge in [-0.15, -0.1) is 0 Å². The van der Waals surface area contributed by atoms with Gasteiger partial charge >= 0.3 is 0 Å². The molecule has 3 nitrogen and oxygen atoms in total. The van der Waals surface area contributed by atoms with Crippen molar-refractivity contribution in [3.63, 3.8) is 0 Å². The molecule has 2 aromatic rings. The Morgan fingerprint density at radius 3 is 2.17 bits per heavy atom. The Bertz CT molecular complexity index is 646. The molecule has 126 valence electrons. The van der Waals surface area contributed by atoms with Gasteiger partial charge in [0.1, 0.15) is 0 Å². The van der Waals surface area contributed by atoms with Crippen LogP contribution in [0.25, 0.3) is 0 Å². The molecule has 0 aliphatic carbocycles. The molecule has 0 spiro atoms. The Morgan fingerprint density at radius 1 is 0.958 bits per heavy atom. The minimum absolute atomic E-state index is 0.610. The zero-order valence-electron chi connectivity index (χ0n) is 14.2.